The fourth-order valence-corrected chi connectivity index (χ4v) is 3.55. The molecule has 0 bridgehead atoms. The molecule has 6 heteroatoms. The first-order valence-electron chi connectivity index (χ1n) is 10.5. The van der Waals surface area contributed by atoms with Gasteiger partial charge in [-0.25, -0.2) is 0 Å². The standard InChI is InChI=1S/C26H27BrN2O3/c1-18(2)14-15-32-24-13-12-19(17-23(24)27)25(30)28-21-9-7-8-20(16-21)26(31)29(3)22-10-5-4-6-11-22/h4-13,16-18H,14-15H2,1-3H3,(H,28,30). The SMILES string of the molecule is CC(C)CCOc1ccc(C(=O)Nc2cccc(C(=O)N(C)c3ccccc3)c2)cc1Br. The van der Waals surface area contributed by atoms with E-state index in [1.807, 2.05) is 30.3 Å². The average molecular weight is 495 g/mol. The smallest absolute Gasteiger partial charge is 0.258 e. The molecule has 3 aromatic rings. The summed E-state index contributed by atoms with van der Waals surface area (Å²) in [5.74, 6) is 0.853. The van der Waals surface area contributed by atoms with E-state index in [1.54, 1.807) is 54.4 Å². The summed E-state index contributed by atoms with van der Waals surface area (Å²) in [4.78, 5) is 27.2. The highest BCUT2D eigenvalue weighted by Crippen LogP contribution is 2.27. The Morgan fingerprint density at radius 2 is 1.72 bits per heavy atom. The molecule has 3 aromatic carbocycles. The van der Waals surface area contributed by atoms with Crippen LogP contribution in [0.3, 0.4) is 0 Å². The predicted molar refractivity (Wildman–Crippen MR) is 133 cm³/mol. The minimum absolute atomic E-state index is 0.155. The quantitative estimate of drug-likeness (QED) is 0.393. The summed E-state index contributed by atoms with van der Waals surface area (Å²) in [6, 6.07) is 21.6. The number of anilines is 2. The Hall–Kier alpha value is -3.12. The number of benzene rings is 3. The number of amides is 2. The first kappa shape index (κ1) is 23.5. The van der Waals surface area contributed by atoms with Crippen molar-refractivity contribution >= 4 is 39.1 Å². The molecule has 166 valence electrons. The van der Waals surface area contributed by atoms with Crippen LogP contribution in [0.25, 0.3) is 0 Å². The number of hydrogen-bond donors (Lipinski definition) is 1. The van der Waals surface area contributed by atoms with Crippen molar-refractivity contribution in [3.63, 3.8) is 0 Å². The highest BCUT2D eigenvalue weighted by molar-refractivity contribution is 9.10. The molecule has 1 N–H and O–H groups in total. The number of halogens is 1. The van der Waals surface area contributed by atoms with Gasteiger partial charge in [0.1, 0.15) is 5.75 Å². The van der Waals surface area contributed by atoms with E-state index in [1.165, 1.54) is 0 Å². The van der Waals surface area contributed by atoms with Gasteiger partial charge in [0.15, 0.2) is 0 Å². The third kappa shape index (κ3) is 6.20. The summed E-state index contributed by atoms with van der Waals surface area (Å²) in [7, 11) is 1.73. The maximum Gasteiger partial charge on any atom is 0.258 e. The van der Waals surface area contributed by atoms with Crippen LogP contribution < -0.4 is 15.0 Å². The van der Waals surface area contributed by atoms with Crippen LogP contribution in [0.5, 0.6) is 5.75 Å². The summed E-state index contributed by atoms with van der Waals surface area (Å²) >= 11 is 3.48. The maximum atomic E-state index is 12.9. The van der Waals surface area contributed by atoms with Crippen molar-refractivity contribution in [3.8, 4) is 5.75 Å². The van der Waals surface area contributed by atoms with E-state index < -0.39 is 0 Å². The van der Waals surface area contributed by atoms with E-state index in [0.29, 0.717) is 35.1 Å². The van der Waals surface area contributed by atoms with Gasteiger partial charge in [-0.2, -0.15) is 0 Å². The lowest BCUT2D eigenvalue weighted by Crippen LogP contribution is -2.26. The van der Waals surface area contributed by atoms with Crippen LogP contribution in [0.2, 0.25) is 0 Å². The number of nitrogens with one attached hydrogen (secondary N) is 1. The molecular formula is C26H27BrN2O3. The Bertz CT molecular complexity index is 1080. The molecule has 0 fully saturated rings. The molecule has 0 heterocycles. The molecule has 0 unspecified atom stereocenters. The van der Waals surface area contributed by atoms with Crippen LogP contribution >= 0.6 is 15.9 Å². The molecule has 0 saturated carbocycles. The lowest BCUT2D eigenvalue weighted by atomic mass is 10.1. The number of para-hydroxylation sites is 1. The molecule has 0 aromatic heterocycles. The Morgan fingerprint density at radius 1 is 0.969 bits per heavy atom. The number of rotatable bonds is 8. The van der Waals surface area contributed by atoms with Crippen molar-refractivity contribution in [1.82, 2.24) is 0 Å². The van der Waals surface area contributed by atoms with Gasteiger partial charge in [-0.1, -0.05) is 38.1 Å². The van der Waals surface area contributed by atoms with Gasteiger partial charge in [0.05, 0.1) is 11.1 Å². The zero-order valence-electron chi connectivity index (χ0n) is 18.5. The second-order valence-corrected chi connectivity index (χ2v) is 8.77. The number of nitrogens with zero attached hydrogens (tertiary/aromatic N) is 1. The van der Waals surface area contributed by atoms with Crippen molar-refractivity contribution in [3.05, 3.63) is 88.4 Å². The zero-order chi connectivity index (χ0) is 23.1. The molecule has 0 atom stereocenters. The van der Waals surface area contributed by atoms with Gasteiger partial charge in [-0.15, -0.1) is 0 Å². The second-order valence-electron chi connectivity index (χ2n) is 7.91. The number of carbonyl (C=O) groups excluding carboxylic acids is 2. The fourth-order valence-electron chi connectivity index (χ4n) is 3.06. The molecule has 0 aliphatic rings. The third-order valence-electron chi connectivity index (χ3n) is 4.96. The molecular weight excluding hydrogens is 468 g/mol. The van der Waals surface area contributed by atoms with Gasteiger partial charge in [0.25, 0.3) is 11.8 Å². The minimum atomic E-state index is -0.263. The van der Waals surface area contributed by atoms with Crippen LogP contribution in [-0.4, -0.2) is 25.5 Å². The van der Waals surface area contributed by atoms with Gasteiger partial charge in [0, 0.05) is 29.5 Å². The van der Waals surface area contributed by atoms with E-state index in [2.05, 4.69) is 35.1 Å². The summed E-state index contributed by atoms with van der Waals surface area (Å²) in [5.41, 5.74) is 2.33. The monoisotopic (exact) mass is 494 g/mol. The molecule has 32 heavy (non-hydrogen) atoms. The van der Waals surface area contributed by atoms with E-state index in [9.17, 15) is 9.59 Å². The topological polar surface area (TPSA) is 58.6 Å². The van der Waals surface area contributed by atoms with E-state index in [0.717, 1.165) is 16.6 Å². The minimum Gasteiger partial charge on any atom is -0.492 e. The van der Waals surface area contributed by atoms with Crippen LogP contribution in [0.1, 0.15) is 41.0 Å². The highest BCUT2D eigenvalue weighted by Gasteiger charge is 2.15. The molecule has 0 radical (unpaired) electrons. The summed E-state index contributed by atoms with van der Waals surface area (Å²) in [5, 5.41) is 2.87. The zero-order valence-corrected chi connectivity index (χ0v) is 20.1. The van der Waals surface area contributed by atoms with Crippen molar-refractivity contribution < 1.29 is 14.3 Å². The molecule has 0 aliphatic heterocycles. The van der Waals surface area contributed by atoms with Gasteiger partial charge >= 0.3 is 0 Å². The number of hydrogen-bond acceptors (Lipinski definition) is 3. The van der Waals surface area contributed by atoms with Crippen LogP contribution in [0.15, 0.2) is 77.3 Å². The Morgan fingerprint density at radius 3 is 2.41 bits per heavy atom. The van der Waals surface area contributed by atoms with Gasteiger partial charge in [-0.05, 0) is 76.8 Å². The summed E-state index contributed by atoms with van der Waals surface area (Å²) in [6.45, 7) is 4.92. The Labute approximate surface area is 197 Å². The van der Waals surface area contributed by atoms with Gasteiger partial charge in [-0.3, -0.25) is 9.59 Å². The van der Waals surface area contributed by atoms with Crippen molar-refractivity contribution in [2.75, 3.05) is 23.9 Å². The average Bonchev–Trinajstić information content (AvgIpc) is 2.79. The largest absolute Gasteiger partial charge is 0.492 e. The molecule has 5 nitrogen and oxygen atoms in total. The molecule has 0 spiro atoms. The highest BCUT2D eigenvalue weighted by atomic mass is 79.9. The Balaban J connectivity index is 1.68. The fraction of sp³-hybridized carbons (Fsp3) is 0.231. The van der Waals surface area contributed by atoms with Gasteiger partial charge in [0.2, 0.25) is 0 Å². The van der Waals surface area contributed by atoms with Crippen molar-refractivity contribution in [1.29, 1.82) is 0 Å². The van der Waals surface area contributed by atoms with Gasteiger partial charge < -0.3 is 15.0 Å². The van der Waals surface area contributed by atoms with Crippen molar-refractivity contribution in [2.45, 2.75) is 20.3 Å². The number of ether oxygens (including phenoxy) is 1. The summed E-state index contributed by atoms with van der Waals surface area (Å²) in [6.07, 6.45) is 0.962. The first-order valence-corrected chi connectivity index (χ1v) is 11.3. The van der Waals surface area contributed by atoms with E-state index in [4.69, 9.17) is 4.74 Å². The van der Waals surface area contributed by atoms with Crippen LogP contribution in [0, 0.1) is 5.92 Å². The lowest BCUT2D eigenvalue weighted by molar-refractivity contribution is 0.0990. The van der Waals surface area contributed by atoms with Crippen molar-refractivity contribution in [2.24, 2.45) is 5.92 Å². The number of carbonyl (C=O) groups is 2. The van der Waals surface area contributed by atoms with Crippen LogP contribution in [-0.2, 0) is 0 Å². The first-order chi connectivity index (χ1) is 15.3. The Kier molecular flexibility index (Phi) is 8.06. The predicted octanol–water partition coefficient (Wildman–Crippen LogP) is 6.40. The lowest BCUT2D eigenvalue weighted by Gasteiger charge is -2.18. The summed E-state index contributed by atoms with van der Waals surface area (Å²) < 4.78 is 6.51. The van der Waals surface area contributed by atoms with E-state index >= 15 is 0 Å². The molecule has 3 rings (SSSR count). The second kappa shape index (κ2) is 11.0. The van der Waals surface area contributed by atoms with E-state index in [-0.39, 0.29) is 11.8 Å². The molecule has 2 amide bonds. The normalized spacial score (nSPS) is 10.7. The molecule has 0 aliphatic carbocycles. The third-order valence-corrected chi connectivity index (χ3v) is 5.58. The molecule has 0 saturated heterocycles. The maximum absolute atomic E-state index is 12.9. The van der Waals surface area contributed by atoms with Crippen LogP contribution in [0.4, 0.5) is 11.4 Å².